The SMILES string of the molecule is CCCCCCCCOc1ccc(-c2ccc(-c3ccc(OC[Si](C)(C)CCCC)cc3)c(F)n2)cc1. The number of halogens is 1. The fourth-order valence-corrected chi connectivity index (χ4v) is 6.35. The number of ether oxygens (including phenoxy) is 2. The summed E-state index contributed by atoms with van der Waals surface area (Å²) in [7, 11) is -1.35. The van der Waals surface area contributed by atoms with Crippen LogP contribution in [-0.2, 0) is 0 Å². The molecular formula is C32H44FNO2Si. The van der Waals surface area contributed by atoms with Gasteiger partial charge in [-0.25, -0.2) is 4.98 Å². The van der Waals surface area contributed by atoms with E-state index < -0.39 is 14.0 Å². The number of unbranched alkanes of at least 4 members (excludes halogenated alkanes) is 6. The number of pyridine rings is 1. The third-order valence-electron chi connectivity index (χ3n) is 6.77. The quantitative estimate of drug-likeness (QED) is 0.107. The van der Waals surface area contributed by atoms with Crippen LogP contribution >= 0.6 is 0 Å². The van der Waals surface area contributed by atoms with E-state index in [1.165, 1.54) is 51.0 Å². The molecule has 0 atom stereocenters. The highest BCUT2D eigenvalue weighted by atomic mass is 28.3. The van der Waals surface area contributed by atoms with Gasteiger partial charge in [0.15, 0.2) is 0 Å². The fraction of sp³-hybridized carbons (Fsp3) is 0.469. The molecule has 0 N–H and O–H groups in total. The van der Waals surface area contributed by atoms with Crippen molar-refractivity contribution in [2.75, 3.05) is 12.8 Å². The molecule has 0 radical (unpaired) electrons. The second-order valence-corrected chi connectivity index (χ2v) is 15.9. The van der Waals surface area contributed by atoms with E-state index in [2.05, 4.69) is 31.9 Å². The zero-order valence-electron chi connectivity index (χ0n) is 23.2. The summed E-state index contributed by atoms with van der Waals surface area (Å²) in [6.45, 7) is 9.94. The maximum atomic E-state index is 15.0. The second-order valence-electron chi connectivity index (χ2n) is 10.8. The van der Waals surface area contributed by atoms with Crippen LogP contribution in [-0.4, -0.2) is 25.9 Å². The number of aromatic nitrogens is 1. The van der Waals surface area contributed by atoms with Gasteiger partial charge in [0.2, 0.25) is 5.95 Å². The third-order valence-corrected chi connectivity index (χ3v) is 9.40. The van der Waals surface area contributed by atoms with Crippen molar-refractivity contribution >= 4 is 8.07 Å². The van der Waals surface area contributed by atoms with E-state index in [-0.39, 0.29) is 0 Å². The van der Waals surface area contributed by atoms with Gasteiger partial charge in [-0.05, 0) is 60.5 Å². The molecule has 3 aromatic rings. The summed E-state index contributed by atoms with van der Waals surface area (Å²) in [5.41, 5.74) is 2.77. The maximum absolute atomic E-state index is 15.0. The normalized spacial score (nSPS) is 11.5. The van der Waals surface area contributed by atoms with E-state index in [0.29, 0.717) is 11.3 Å². The molecule has 0 saturated heterocycles. The number of hydrogen-bond donors (Lipinski definition) is 0. The van der Waals surface area contributed by atoms with Gasteiger partial charge in [0.05, 0.1) is 26.6 Å². The minimum atomic E-state index is -1.35. The Hall–Kier alpha value is -2.66. The van der Waals surface area contributed by atoms with Crippen LogP contribution < -0.4 is 9.47 Å². The van der Waals surface area contributed by atoms with Gasteiger partial charge < -0.3 is 9.47 Å². The van der Waals surface area contributed by atoms with Gasteiger partial charge in [0, 0.05) is 11.1 Å². The molecule has 0 spiro atoms. The van der Waals surface area contributed by atoms with Crippen molar-refractivity contribution in [1.29, 1.82) is 0 Å². The number of hydrogen-bond acceptors (Lipinski definition) is 3. The highest BCUT2D eigenvalue weighted by Crippen LogP contribution is 2.28. The van der Waals surface area contributed by atoms with Crippen LogP contribution in [0.25, 0.3) is 22.4 Å². The molecular weight excluding hydrogens is 477 g/mol. The first-order valence-corrected chi connectivity index (χ1v) is 17.5. The van der Waals surface area contributed by atoms with Crippen molar-refractivity contribution in [2.24, 2.45) is 0 Å². The molecule has 5 heteroatoms. The Balaban J connectivity index is 1.54. The van der Waals surface area contributed by atoms with Crippen LogP contribution in [0, 0.1) is 5.95 Å². The average Bonchev–Trinajstić information content (AvgIpc) is 2.91. The fourth-order valence-electron chi connectivity index (χ4n) is 4.34. The van der Waals surface area contributed by atoms with Crippen molar-refractivity contribution in [3.8, 4) is 33.9 Å². The zero-order chi connectivity index (χ0) is 26.5. The molecule has 0 saturated carbocycles. The Labute approximate surface area is 224 Å². The van der Waals surface area contributed by atoms with Crippen molar-refractivity contribution in [1.82, 2.24) is 4.98 Å². The molecule has 0 unspecified atom stereocenters. The van der Waals surface area contributed by atoms with E-state index in [9.17, 15) is 4.39 Å². The van der Waals surface area contributed by atoms with E-state index in [4.69, 9.17) is 9.47 Å². The van der Waals surface area contributed by atoms with Crippen LogP contribution in [0.1, 0.15) is 65.2 Å². The molecule has 37 heavy (non-hydrogen) atoms. The van der Waals surface area contributed by atoms with E-state index >= 15 is 0 Å². The molecule has 0 amide bonds. The summed E-state index contributed by atoms with van der Waals surface area (Å²) >= 11 is 0. The Morgan fingerprint density at radius 2 is 1.27 bits per heavy atom. The largest absolute Gasteiger partial charge is 0.497 e. The smallest absolute Gasteiger partial charge is 0.221 e. The summed E-state index contributed by atoms with van der Waals surface area (Å²) in [6, 6.07) is 20.4. The molecule has 0 aliphatic heterocycles. The lowest BCUT2D eigenvalue weighted by molar-refractivity contribution is 0.304. The van der Waals surface area contributed by atoms with Gasteiger partial charge in [-0.15, -0.1) is 0 Å². The Kier molecular flexibility index (Phi) is 11.7. The van der Waals surface area contributed by atoms with Crippen LogP contribution in [0.4, 0.5) is 4.39 Å². The molecule has 0 aliphatic carbocycles. The van der Waals surface area contributed by atoms with Crippen molar-refractivity contribution < 1.29 is 13.9 Å². The van der Waals surface area contributed by atoms with Crippen LogP contribution in [0.15, 0.2) is 60.7 Å². The Morgan fingerprint density at radius 1 is 0.676 bits per heavy atom. The summed E-state index contributed by atoms with van der Waals surface area (Å²) in [5, 5.41) is 0. The van der Waals surface area contributed by atoms with Crippen LogP contribution in [0.3, 0.4) is 0 Å². The molecule has 0 bridgehead atoms. The first kappa shape index (κ1) is 28.9. The second kappa shape index (κ2) is 14.9. The number of benzene rings is 2. The van der Waals surface area contributed by atoms with E-state index in [1.807, 2.05) is 54.6 Å². The predicted octanol–water partition coefficient (Wildman–Crippen LogP) is 9.72. The Bertz CT molecular complexity index is 1070. The predicted molar refractivity (Wildman–Crippen MR) is 157 cm³/mol. The first-order valence-electron chi connectivity index (χ1n) is 14.0. The number of nitrogens with zero attached hydrogens (tertiary/aromatic N) is 1. The van der Waals surface area contributed by atoms with Crippen molar-refractivity contribution in [2.45, 2.75) is 84.4 Å². The standard InChI is InChI=1S/C32H44FNO2Si/c1-5-7-9-10-11-12-23-35-28-19-15-27(16-20-28)31-22-21-30(32(33)34-31)26-13-17-29(18-14-26)36-25-37(3,4)24-8-6-2/h13-22H,5-12,23-25H2,1-4H3. The van der Waals surface area contributed by atoms with Crippen LogP contribution in [0.5, 0.6) is 11.5 Å². The number of rotatable bonds is 16. The summed E-state index contributed by atoms with van der Waals surface area (Å²) in [6.07, 6.45) is 10.8. The highest BCUT2D eigenvalue weighted by Gasteiger charge is 2.21. The first-order chi connectivity index (χ1) is 17.9. The molecule has 0 aliphatic rings. The van der Waals surface area contributed by atoms with Gasteiger partial charge in [0.25, 0.3) is 0 Å². The third kappa shape index (κ3) is 9.62. The Morgan fingerprint density at radius 3 is 1.92 bits per heavy atom. The minimum absolute atomic E-state index is 0.470. The summed E-state index contributed by atoms with van der Waals surface area (Å²) in [4.78, 5) is 4.25. The van der Waals surface area contributed by atoms with Crippen molar-refractivity contribution in [3.63, 3.8) is 0 Å². The van der Waals surface area contributed by atoms with Crippen molar-refractivity contribution in [3.05, 3.63) is 66.6 Å². The zero-order valence-corrected chi connectivity index (χ0v) is 24.2. The molecule has 3 nitrogen and oxygen atoms in total. The highest BCUT2D eigenvalue weighted by molar-refractivity contribution is 6.77. The molecule has 1 aromatic heterocycles. The van der Waals surface area contributed by atoms with E-state index in [1.54, 1.807) is 6.07 Å². The average molecular weight is 522 g/mol. The molecule has 200 valence electrons. The minimum Gasteiger partial charge on any atom is -0.497 e. The van der Waals surface area contributed by atoms with Gasteiger partial charge in [0.1, 0.15) is 11.5 Å². The van der Waals surface area contributed by atoms with Gasteiger partial charge in [-0.1, -0.05) is 90.1 Å². The summed E-state index contributed by atoms with van der Waals surface area (Å²) < 4.78 is 26.9. The van der Waals surface area contributed by atoms with Gasteiger partial charge in [-0.2, -0.15) is 4.39 Å². The topological polar surface area (TPSA) is 31.4 Å². The summed E-state index contributed by atoms with van der Waals surface area (Å²) in [5.74, 6) is 1.21. The molecule has 3 rings (SSSR count). The molecule has 2 aromatic carbocycles. The van der Waals surface area contributed by atoms with Gasteiger partial charge in [-0.3, -0.25) is 0 Å². The molecule has 1 heterocycles. The lowest BCUT2D eigenvalue weighted by Crippen LogP contribution is -2.34. The lowest BCUT2D eigenvalue weighted by atomic mass is 10.1. The lowest BCUT2D eigenvalue weighted by Gasteiger charge is -2.22. The van der Waals surface area contributed by atoms with Gasteiger partial charge >= 0.3 is 0 Å². The maximum Gasteiger partial charge on any atom is 0.221 e. The monoisotopic (exact) mass is 521 g/mol. The molecule has 0 fully saturated rings. The van der Waals surface area contributed by atoms with Crippen LogP contribution in [0.2, 0.25) is 19.1 Å². The van der Waals surface area contributed by atoms with E-state index in [0.717, 1.165) is 41.9 Å².